The highest BCUT2D eigenvalue weighted by atomic mass is 35.5. The molecule has 1 amide bonds. The molecule has 2 aromatic carbocycles. The molecular formula is C23H19ClN4O2. The number of anilines is 1. The van der Waals surface area contributed by atoms with Crippen LogP contribution in [0, 0.1) is 11.8 Å². The van der Waals surface area contributed by atoms with E-state index in [0.717, 1.165) is 28.7 Å². The highest BCUT2D eigenvalue weighted by Crippen LogP contribution is 2.37. The number of benzene rings is 2. The average Bonchev–Trinajstić information content (AvgIpc) is 2.79. The van der Waals surface area contributed by atoms with Crippen molar-refractivity contribution in [1.29, 1.82) is 0 Å². The third-order valence-corrected chi connectivity index (χ3v) is 5.91. The van der Waals surface area contributed by atoms with Gasteiger partial charge in [0.15, 0.2) is 5.82 Å². The first-order valence-electron chi connectivity index (χ1n) is 9.79. The molecule has 3 aromatic rings. The summed E-state index contributed by atoms with van der Waals surface area (Å²) < 4.78 is 5.28. The van der Waals surface area contributed by atoms with Crippen molar-refractivity contribution in [2.75, 3.05) is 12.1 Å². The van der Waals surface area contributed by atoms with Crippen molar-refractivity contribution in [1.82, 2.24) is 9.97 Å². The van der Waals surface area contributed by atoms with Gasteiger partial charge in [0.2, 0.25) is 0 Å². The number of amides is 1. The van der Waals surface area contributed by atoms with Gasteiger partial charge in [0.25, 0.3) is 5.91 Å². The van der Waals surface area contributed by atoms with Crippen molar-refractivity contribution in [2.45, 2.75) is 12.8 Å². The van der Waals surface area contributed by atoms with Gasteiger partial charge in [-0.25, -0.2) is 4.98 Å². The Hall–Kier alpha value is -3.25. The number of carbonyl (C=O) groups is 1. The van der Waals surface area contributed by atoms with Crippen LogP contribution in [0.5, 0.6) is 5.75 Å². The minimum Gasteiger partial charge on any atom is -0.495 e. The smallest absolute Gasteiger partial charge is 0.252 e. The van der Waals surface area contributed by atoms with E-state index in [-0.39, 0.29) is 17.7 Å². The van der Waals surface area contributed by atoms with E-state index in [1.54, 1.807) is 13.3 Å². The molecular weight excluding hydrogens is 400 g/mol. The van der Waals surface area contributed by atoms with E-state index >= 15 is 0 Å². The first-order chi connectivity index (χ1) is 14.7. The van der Waals surface area contributed by atoms with Gasteiger partial charge in [0, 0.05) is 5.92 Å². The molecule has 2 unspecified atom stereocenters. The van der Waals surface area contributed by atoms with Crippen LogP contribution in [-0.2, 0) is 4.79 Å². The maximum absolute atomic E-state index is 13.3. The third-order valence-electron chi connectivity index (χ3n) is 5.62. The predicted molar refractivity (Wildman–Crippen MR) is 117 cm³/mol. The van der Waals surface area contributed by atoms with Crippen LogP contribution in [0.15, 0.2) is 65.9 Å². The lowest BCUT2D eigenvalue weighted by Gasteiger charge is -2.36. The Bertz CT molecular complexity index is 1210. The van der Waals surface area contributed by atoms with E-state index in [2.05, 4.69) is 22.1 Å². The van der Waals surface area contributed by atoms with Crippen LogP contribution in [-0.4, -0.2) is 28.7 Å². The van der Waals surface area contributed by atoms with Gasteiger partial charge in [-0.3, -0.25) is 9.78 Å². The molecule has 0 saturated carbocycles. The minimum atomic E-state index is -0.198. The van der Waals surface area contributed by atoms with E-state index in [1.807, 2.05) is 42.5 Å². The number of carbonyl (C=O) groups excluding carboxylic acids is 1. The lowest BCUT2D eigenvalue weighted by Crippen LogP contribution is -2.45. The maximum Gasteiger partial charge on any atom is 0.252 e. The number of ether oxygens (including phenoxy) is 1. The number of hydrogen-bond donors (Lipinski definition) is 0. The van der Waals surface area contributed by atoms with Gasteiger partial charge < -0.3 is 4.74 Å². The van der Waals surface area contributed by atoms with Crippen molar-refractivity contribution in [3.05, 3.63) is 71.4 Å². The number of aromatic nitrogens is 2. The summed E-state index contributed by atoms with van der Waals surface area (Å²) >= 11 is 6.37. The number of allylic oxidation sites excluding steroid dienone is 2. The van der Waals surface area contributed by atoms with Gasteiger partial charge in [0.05, 0.1) is 41.0 Å². The number of rotatable bonds is 3. The molecule has 7 heteroatoms. The van der Waals surface area contributed by atoms with Crippen molar-refractivity contribution >= 4 is 40.1 Å². The summed E-state index contributed by atoms with van der Waals surface area (Å²) in [4.78, 5) is 22.4. The zero-order chi connectivity index (χ0) is 20.7. The zero-order valence-electron chi connectivity index (χ0n) is 16.3. The Kier molecular flexibility index (Phi) is 4.71. The number of nitrogens with zero attached hydrogens (tertiary/aromatic N) is 4. The Morgan fingerprint density at radius 2 is 1.83 bits per heavy atom. The van der Waals surface area contributed by atoms with Crippen molar-refractivity contribution in [3.63, 3.8) is 0 Å². The van der Waals surface area contributed by atoms with Crippen LogP contribution in [0.1, 0.15) is 18.4 Å². The Labute approximate surface area is 178 Å². The van der Waals surface area contributed by atoms with Crippen LogP contribution < -0.4 is 9.75 Å². The molecule has 30 heavy (non-hydrogen) atoms. The van der Waals surface area contributed by atoms with Crippen LogP contribution in [0.3, 0.4) is 0 Å². The van der Waals surface area contributed by atoms with Crippen LogP contribution in [0.25, 0.3) is 11.0 Å². The van der Waals surface area contributed by atoms with Crippen LogP contribution in [0.4, 0.5) is 5.82 Å². The summed E-state index contributed by atoms with van der Waals surface area (Å²) in [5.74, 6) is 0.764. The monoisotopic (exact) mass is 418 g/mol. The lowest BCUT2D eigenvalue weighted by molar-refractivity contribution is -0.123. The number of hydrazone groups is 1. The number of para-hydroxylation sites is 2. The second kappa shape index (κ2) is 7.54. The molecule has 1 aliphatic carbocycles. The fourth-order valence-electron chi connectivity index (χ4n) is 4.09. The summed E-state index contributed by atoms with van der Waals surface area (Å²) in [5.41, 5.74) is 3.19. The van der Waals surface area contributed by atoms with E-state index in [4.69, 9.17) is 21.4 Å². The molecule has 2 atom stereocenters. The van der Waals surface area contributed by atoms with Gasteiger partial charge in [-0.1, -0.05) is 35.9 Å². The Morgan fingerprint density at radius 3 is 2.60 bits per heavy atom. The molecule has 150 valence electrons. The number of halogens is 1. The molecule has 1 aliphatic heterocycles. The first kappa shape index (κ1) is 18.8. The number of fused-ring (bicyclic) bond motifs is 2. The summed E-state index contributed by atoms with van der Waals surface area (Å²) in [6, 6.07) is 13.2. The highest BCUT2D eigenvalue weighted by Gasteiger charge is 2.41. The molecule has 0 radical (unpaired) electrons. The molecule has 0 N–H and O–H groups in total. The molecule has 2 aliphatic rings. The second-order valence-corrected chi connectivity index (χ2v) is 7.76. The summed E-state index contributed by atoms with van der Waals surface area (Å²) in [6.07, 6.45) is 7.20. The second-order valence-electron chi connectivity index (χ2n) is 7.36. The summed E-state index contributed by atoms with van der Waals surface area (Å²) in [5, 5.41) is 6.66. The molecule has 6 nitrogen and oxygen atoms in total. The van der Waals surface area contributed by atoms with Gasteiger partial charge in [0.1, 0.15) is 5.75 Å². The van der Waals surface area contributed by atoms with E-state index in [0.29, 0.717) is 23.0 Å². The number of hydrogen-bond acceptors (Lipinski definition) is 5. The Balaban J connectivity index is 1.63. The van der Waals surface area contributed by atoms with E-state index < -0.39 is 0 Å². The van der Waals surface area contributed by atoms with Gasteiger partial charge in [-0.15, -0.1) is 0 Å². The standard InChI is InChI=1S/C23H19ClN4O2/c1-30-20-11-10-14(12-17(20)24)22-15-6-2-3-7-16(15)23(29)28(27-22)21-13-25-18-8-4-5-9-19(18)26-21/h2-5,8-13,15-16H,6-7H2,1H3. The fraction of sp³-hybridized carbons (Fsp3) is 0.217. The Morgan fingerprint density at radius 1 is 1.07 bits per heavy atom. The molecule has 0 spiro atoms. The molecule has 0 fully saturated rings. The van der Waals surface area contributed by atoms with Crippen LogP contribution in [0.2, 0.25) is 5.02 Å². The van der Waals surface area contributed by atoms with E-state index in [1.165, 1.54) is 5.01 Å². The largest absolute Gasteiger partial charge is 0.495 e. The first-order valence-corrected chi connectivity index (χ1v) is 10.2. The van der Waals surface area contributed by atoms with E-state index in [9.17, 15) is 4.79 Å². The quantitative estimate of drug-likeness (QED) is 0.582. The van der Waals surface area contributed by atoms with Gasteiger partial charge in [-0.05, 0) is 48.7 Å². The number of methoxy groups -OCH3 is 1. The van der Waals surface area contributed by atoms with Gasteiger partial charge >= 0.3 is 0 Å². The average molecular weight is 419 g/mol. The molecule has 0 saturated heterocycles. The maximum atomic E-state index is 13.3. The van der Waals surface area contributed by atoms with Crippen molar-refractivity contribution in [2.24, 2.45) is 16.9 Å². The summed E-state index contributed by atoms with van der Waals surface area (Å²) in [6.45, 7) is 0. The summed E-state index contributed by atoms with van der Waals surface area (Å²) in [7, 11) is 1.58. The molecule has 0 bridgehead atoms. The minimum absolute atomic E-state index is 0.00312. The topological polar surface area (TPSA) is 67.7 Å². The van der Waals surface area contributed by atoms with Gasteiger partial charge in [-0.2, -0.15) is 10.1 Å². The lowest BCUT2D eigenvalue weighted by atomic mass is 9.76. The molecule has 5 rings (SSSR count). The SMILES string of the molecule is COc1ccc(C2=NN(c3cnc4ccccc4n3)C(=O)C3CC=CCC23)cc1Cl. The van der Waals surface area contributed by atoms with Crippen molar-refractivity contribution in [3.8, 4) is 5.75 Å². The fourth-order valence-corrected chi connectivity index (χ4v) is 4.35. The molecule has 2 heterocycles. The third kappa shape index (κ3) is 3.13. The van der Waals surface area contributed by atoms with Crippen molar-refractivity contribution < 1.29 is 9.53 Å². The highest BCUT2D eigenvalue weighted by molar-refractivity contribution is 6.32. The van der Waals surface area contributed by atoms with Crippen LogP contribution >= 0.6 is 11.6 Å². The predicted octanol–water partition coefficient (Wildman–Crippen LogP) is 4.63. The zero-order valence-corrected chi connectivity index (χ0v) is 17.1. The normalized spacial score (nSPS) is 20.8. The molecule has 1 aromatic heterocycles.